The summed E-state index contributed by atoms with van der Waals surface area (Å²) in [6.45, 7) is 11.6. The molecule has 0 fully saturated rings. The number of nitrogens with one attached hydrogen (secondary N) is 1. The van der Waals surface area contributed by atoms with Gasteiger partial charge in [0.25, 0.3) is 0 Å². The molecule has 1 N–H and O–H groups in total. The first-order chi connectivity index (χ1) is 9.08. The molecule has 1 unspecified atom stereocenters. The Morgan fingerprint density at radius 3 is 2.68 bits per heavy atom. The Morgan fingerprint density at radius 1 is 1.37 bits per heavy atom. The van der Waals surface area contributed by atoms with Gasteiger partial charge in [0.05, 0.1) is 7.11 Å². The van der Waals surface area contributed by atoms with Gasteiger partial charge in [-0.15, -0.1) is 0 Å². The lowest BCUT2D eigenvalue weighted by Gasteiger charge is -2.17. The van der Waals surface area contributed by atoms with Gasteiger partial charge in [-0.2, -0.15) is 0 Å². The molecule has 0 heterocycles. The molecule has 0 aliphatic rings. The van der Waals surface area contributed by atoms with Crippen LogP contribution >= 0.6 is 0 Å². The standard InChI is InChI=1S/C16H25NO2/c1-6-9-17-13(4)14-7-8-15(16(10-14)18-5)19-11-12(2)3/h7-8,10,13,17H,2,6,9,11H2,1,3-5H3. The summed E-state index contributed by atoms with van der Waals surface area (Å²) >= 11 is 0. The van der Waals surface area contributed by atoms with E-state index in [2.05, 4.69) is 31.8 Å². The van der Waals surface area contributed by atoms with Gasteiger partial charge in [0.15, 0.2) is 11.5 Å². The van der Waals surface area contributed by atoms with Crippen molar-refractivity contribution in [2.75, 3.05) is 20.3 Å². The lowest BCUT2D eigenvalue weighted by atomic mass is 10.1. The van der Waals surface area contributed by atoms with E-state index in [1.54, 1.807) is 7.11 Å². The van der Waals surface area contributed by atoms with Crippen molar-refractivity contribution in [3.8, 4) is 11.5 Å². The molecule has 0 spiro atoms. The minimum atomic E-state index is 0.309. The van der Waals surface area contributed by atoms with E-state index in [1.807, 2.05) is 19.1 Å². The molecule has 0 aromatic heterocycles. The summed E-state index contributed by atoms with van der Waals surface area (Å²) in [6.07, 6.45) is 1.13. The Labute approximate surface area is 116 Å². The van der Waals surface area contributed by atoms with Crippen molar-refractivity contribution in [1.82, 2.24) is 5.32 Å². The van der Waals surface area contributed by atoms with Crippen LogP contribution in [0.2, 0.25) is 0 Å². The molecular formula is C16H25NO2. The molecule has 1 rings (SSSR count). The zero-order chi connectivity index (χ0) is 14.3. The zero-order valence-corrected chi connectivity index (χ0v) is 12.5. The van der Waals surface area contributed by atoms with E-state index in [0.29, 0.717) is 12.6 Å². The van der Waals surface area contributed by atoms with Crippen molar-refractivity contribution in [3.63, 3.8) is 0 Å². The summed E-state index contributed by atoms with van der Waals surface area (Å²) in [4.78, 5) is 0. The number of ether oxygens (including phenoxy) is 2. The van der Waals surface area contributed by atoms with Gasteiger partial charge < -0.3 is 14.8 Å². The number of rotatable bonds is 8. The molecule has 1 aromatic carbocycles. The number of methoxy groups -OCH3 is 1. The summed E-state index contributed by atoms with van der Waals surface area (Å²) in [5, 5.41) is 3.46. The van der Waals surface area contributed by atoms with Crippen LogP contribution in [-0.4, -0.2) is 20.3 Å². The maximum Gasteiger partial charge on any atom is 0.161 e. The molecular weight excluding hydrogens is 238 g/mol. The first-order valence-corrected chi connectivity index (χ1v) is 6.77. The van der Waals surface area contributed by atoms with Crippen LogP contribution in [0.1, 0.15) is 38.8 Å². The van der Waals surface area contributed by atoms with E-state index >= 15 is 0 Å². The third-order valence-electron chi connectivity index (χ3n) is 2.86. The number of hydrogen-bond acceptors (Lipinski definition) is 3. The molecule has 3 nitrogen and oxygen atoms in total. The van der Waals surface area contributed by atoms with Crippen LogP contribution in [0.25, 0.3) is 0 Å². The average molecular weight is 263 g/mol. The second kappa shape index (κ2) is 7.85. The maximum absolute atomic E-state index is 5.66. The van der Waals surface area contributed by atoms with Crippen LogP contribution in [0.5, 0.6) is 11.5 Å². The first kappa shape index (κ1) is 15.6. The molecule has 0 saturated heterocycles. The van der Waals surface area contributed by atoms with E-state index in [4.69, 9.17) is 9.47 Å². The van der Waals surface area contributed by atoms with Gasteiger partial charge in [-0.3, -0.25) is 0 Å². The van der Waals surface area contributed by atoms with E-state index in [1.165, 1.54) is 5.56 Å². The minimum Gasteiger partial charge on any atom is -0.493 e. The Kier molecular flexibility index (Phi) is 6.43. The second-order valence-electron chi connectivity index (χ2n) is 4.83. The van der Waals surface area contributed by atoms with Crippen LogP contribution in [0, 0.1) is 0 Å². The fraction of sp³-hybridized carbons (Fsp3) is 0.500. The zero-order valence-electron chi connectivity index (χ0n) is 12.5. The van der Waals surface area contributed by atoms with Crippen molar-refractivity contribution >= 4 is 0 Å². The SMILES string of the molecule is C=C(C)COc1ccc(C(C)NCCC)cc1OC. The number of hydrogen-bond donors (Lipinski definition) is 1. The molecule has 0 bridgehead atoms. The molecule has 0 saturated carbocycles. The second-order valence-corrected chi connectivity index (χ2v) is 4.83. The highest BCUT2D eigenvalue weighted by atomic mass is 16.5. The van der Waals surface area contributed by atoms with E-state index in [9.17, 15) is 0 Å². The van der Waals surface area contributed by atoms with Crippen LogP contribution in [0.15, 0.2) is 30.4 Å². The third-order valence-corrected chi connectivity index (χ3v) is 2.86. The Bertz CT molecular complexity index is 415. The van der Waals surface area contributed by atoms with Crippen LogP contribution in [-0.2, 0) is 0 Å². The fourth-order valence-corrected chi connectivity index (χ4v) is 1.75. The lowest BCUT2D eigenvalue weighted by Crippen LogP contribution is -2.19. The summed E-state index contributed by atoms with van der Waals surface area (Å²) in [7, 11) is 1.66. The summed E-state index contributed by atoms with van der Waals surface area (Å²) in [5.41, 5.74) is 2.19. The predicted octanol–water partition coefficient (Wildman–Crippen LogP) is 3.71. The molecule has 0 radical (unpaired) electrons. The van der Waals surface area contributed by atoms with Crippen molar-refractivity contribution in [1.29, 1.82) is 0 Å². The van der Waals surface area contributed by atoms with E-state index in [-0.39, 0.29) is 0 Å². The minimum absolute atomic E-state index is 0.309. The number of benzene rings is 1. The van der Waals surface area contributed by atoms with Gasteiger partial charge in [0, 0.05) is 6.04 Å². The predicted molar refractivity (Wildman–Crippen MR) is 80.0 cm³/mol. The Balaban J connectivity index is 2.79. The highest BCUT2D eigenvalue weighted by Crippen LogP contribution is 2.30. The highest BCUT2D eigenvalue weighted by Gasteiger charge is 2.10. The van der Waals surface area contributed by atoms with E-state index < -0.39 is 0 Å². The highest BCUT2D eigenvalue weighted by molar-refractivity contribution is 5.44. The largest absolute Gasteiger partial charge is 0.493 e. The quantitative estimate of drug-likeness (QED) is 0.725. The van der Waals surface area contributed by atoms with Gasteiger partial charge in [-0.25, -0.2) is 0 Å². The molecule has 3 heteroatoms. The molecule has 19 heavy (non-hydrogen) atoms. The molecule has 1 aromatic rings. The Morgan fingerprint density at radius 2 is 2.11 bits per heavy atom. The third kappa shape index (κ3) is 4.95. The molecule has 1 atom stereocenters. The van der Waals surface area contributed by atoms with Crippen LogP contribution < -0.4 is 14.8 Å². The lowest BCUT2D eigenvalue weighted by molar-refractivity contribution is 0.319. The van der Waals surface area contributed by atoms with Gasteiger partial charge in [0.2, 0.25) is 0 Å². The molecule has 0 aliphatic carbocycles. The van der Waals surface area contributed by atoms with Gasteiger partial charge >= 0.3 is 0 Å². The molecule has 0 aliphatic heterocycles. The normalized spacial score (nSPS) is 12.0. The average Bonchev–Trinajstić information content (AvgIpc) is 2.42. The maximum atomic E-state index is 5.66. The Hall–Kier alpha value is -1.48. The summed E-state index contributed by atoms with van der Waals surface area (Å²) in [6, 6.07) is 6.37. The fourth-order valence-electron chi connectivity index (χ4n) is 1.75. The smallest absolute Gasteiger partial charge is 0.161 e. The van der Waals surface area contributed by atoms with Crippen molar-refractivity contribution in [2.45, 2.75) is 33.2 Å². The van der Waals surface area contributed by atoms with Crippen LogP contribution in [0.4, 0.5) is 0 Å². The van der Waals surface area contributed by atoms with Crippen molar-refractivity contribution < 1.29 is 9.47 Å². The molecule has 106 valence electrons. The van der Waals surface area contributed by atoms with Gasteiger partial charge in [-0.05, 0) is 50.1 Å². The van der Waals surface area contributed by atoms with Crippen molar-refractivity contribution in [3.05, 3.63) is 35.9 Å². The topological polar surface area (TPSA) is 30.5 Å². The van der Waals surface area contributed by atoms with Gasteiger partial charge in [-0.1, -0.05) is 19.6 Å². The van der Waals surface area contributed by atoms with E-state index in [0.717, 1.165) is 30.0 Å². The molecule has 0 amide bonds. The monoisotopic (exact) mass is 263 g/mol. The van der Waals surface area contributed by atoms with Crippen molar-refractivity contribution in [2.24, 2.45) is 0 Å². The van der Waals surface area contributed by atoms with Gasteiger partial charge in [0.1, 0.15) is 6.61 Å². The summed E-state index contributed by atoms with van der Waals surface area (Å²) in [5.74, 6) is 1.53. The van der Waals surface area contributed by atoms with Crippen LogP contribution in [0.3, 0.4) is 0 Å². The first-order valence-electron chi connectivity index (χ1n) is 6.77. The summed E-state index contributed by atoms with van der Waals surface area (Å²) < 4.78 is 11.1.